The van der Waals surface area contributed by atoms with Crippen molar-refractivity contribution >= 4 is 33.3 Å². The minimum absolute atomic E-state index is 0.574. The largest absolute Gasteiger partial charge is 0.480 e. The summed E-state index contributed by atoms with van der Waals surface area (Å²) in [6, 6.07) is 1.44. The van der Waals surface area contributed by atoms with E-state index in [2.05, 4.69) is 22.2 Å². The number of rotatable bonds is 6. The Bertz CT molecular complexity index is 624. The predicted molar refractivity (Wildman–Crippen MR) is 81.5 cm³/mol. The van der Waals surface area contributed by atoms with Gasteiger partial charge >= 0.3 is 5.97 Å². The Morgan fingerprint density at radius 2 is 2.20 bits per heavy atom. The van der Waals surface area contributed by atoms with Crippen molar-refractivity contribution in [3.63, 3.8) is 0 Å². The van der Waals surface area contributed by atoms with E-state index in [9.17, 15) is 9.90 Å². The normalized spacial score (nSPS) is 12.6. The molecule has 2 aromatic heterocycles. The zero-order valence-electron chi connectivity index (χ0n) is 11.9. The van der Waals surface area contributed by atoms with Gasteiger partial charge in [-0.25, -0.2) is 14.8 Å². The van der Waals surface area contributed by atoms with Crippen molar-refractivity contribution in [2.45, 2.75) is 46.1 Å². The molecular weight excluding hydrogens is 274 g/mol. The van der Waals surface area contributed by atoms with Gasteiger partial charge in [-0.3, -0.25) is 0 Å². The minimum Gasteiger partial charge on any atom is -0.480 e. The van der Waals surface area contributed by atoms with E-state index in [1.54, 1.807) is 11.3 Å². The number of hydrogen-bond donors (Lipinski definition) is 2. The third-order valence-corrected chi connectivity index (χ3v) is 4.26. The van der Waals surface area contributed by atoms with Crippen molar-refractivity contribution in [1.82, 2.24) is 9.97 Å². The molecule has 0 aromatic carbocycles. The molecule has 0 aliphatic carbocycles. The molecule has 0 saturated carbocycles. The summed E-state index contributed by atoms with van der Waals surface area (Å²) in [5, 5.41) is 13.2. The molecule has 0 aliphatic heterocycles. The van der Waals surface area contributed by atoms with Gasteiger partial charge in [-0.15, -0.1) is 11.3 Å². The summed E-state index contributed by atoms with van der Waals surface area (Å²) in [6.07, 6.45) is 2.32. The number of nitrogens with zero attached hydrogens (tertiary/aromatic N) is 2. The molecule has 108 valence electrons. The standard InChI is InChI=1S/C14H19N3O2S/c1-4-6-11(14(18)19)17-12-10-7-9(5-2)20-13(10)16-8(3)15-12/h7,11H,4-6H2,1-3H3,(H,18,19)(H,15,16,17). The smallest absolute Gasteiger partial charge is 0.326 e. The summed E-state index contributed by atoms with van der Waals surface area (Å²) < 4.78 is 0. The maximum atomic E-state index is 11.3. The second-order valence-corrected chi connectivity index (χ2v) is 5.84. The third-order valence-electron chi connectivity index (χ3n) is 3.09. The summed E-state index contributed by atoms with van der Waals surface area (Å²) in [5.41, 5.74) is 0. The topological polar surface area (TPSA) is 75.1 Å². The number of aryl methyl sites for hydroxylation is 2. The molecule has 1 atom stereocenters. The number of aromatic nitrogens is 2. The van der Waals surface area contributed by atoms with Crippen LogP contribution in [0.2, 0.25) is 0 Å². The van der Waals surface area contributed by atoms with Gasteiger partial charge in [0.15, 0.2) is 0 Å². The van der Waals surface area contributed by atoms with E-state index >= 15 is 0 Å². The van der Waals surface area contributed by atoms with Crippen LogP contribution in [0.4, 0.5) is 5.82 Å². The summed E-state index contributed by atoms with van der Waals surface area (Å²) >= 11 is 1.64. The lowest BCUT2D eigenvalue weighted by Crippen LogP contribution is -2.29. The lowest BCUT2D eigenvalue weighted by Gasteiger charge is -2.15. The first-order chi connectivity index (χ1) is 9.55. The lowest BCUT2D eigenvalue weighted by atomic mass is 10.1. The van der Waals surface area contributed by atoms with Gasteiger partial charge in [0.1, 0.15) is 22.5 Å². The molecule has 0 aliphatic rings. The molecule has 0 spiro atoms. The molecule has 0 saturated heterocycles. The highest BCUT2D eigenvalue weighted by Crippen LogP contribution is 2.29. The Hall–Kier alpha value is -1.69. The summed E-state index contributed by atoms with van der Waals surface area (Å²) in [6.45, 7) is 5.89. The molecule has 0 radical (unpaired) electrons. The number of fused-ring (bicyclic) bond motifs is 1. The molecule has 2 aromatic rings. The molecule has 20 heavy (non-hydrogen) atoms. The molecule has 1 unspecified atom stereocenters. The van der Waals surface area contributed by atoms with E-state index in [0.29, 0.717) is 18.1 Å². The van der Waals surface area contributed by atoms with Gasteiger partial charge in [0.25, 0.3) is 0 Å². The number of hydrogen-bond acceptors (Lipinski definition) is 5. The highest BCUT2D eigenvalue weighted by atomic mass is 32.1. The van der Waals surface area contributed by atoms with Crippen LogP contribution < -0.4 is 5.32 Å². The minimum atomic E-state index is -0.845. The Morgan fingerprint density at radius 3 is 2.80 bits per heavy atom. The molecule has 0 amide bonds. The van der Waals surface area contributed by atoms with Crippen LogP contribution in [-0.2, 0) is 11.2 Å². The van der Waals surface area contributed by atoms with Crippen molar-refractivity contribution < 1.29 is 9.90 Å². The van der Waals surface area contributed by atoms with Crippen LogP contribution in [0.3, 0.4) is 0 Å². The second-order valence-electron chi connectivity index (χ2n) is 4.73. The first-order valence-corrected chi connectivity index (χ1v) is 7.63. The van der Waals surface area contributed by atoms with E-state index in [4.69, 9.17) is 0 Å². The van der Waals surface area contributed by atoms with E-state index in [-0.39, 0.29) is 0 Å². The summed E-state index contributed by atoms with van der Waals surface area (Å²) in [5.74, 6) is 0.441. The number of carboxylic acids is 1. The molecule has 2 N–H and O–H groups in total. The van der Waals surface area contributed by atoms with Crippen LogP contribution in [-0.4, -0.2) is 27.1 Å². The number of carboxylic acid groups (broad SMARTS) is 1. The van der Waals surface area contributed by atoms with Crippen LogP contribution in [0, 0.1) is 6.92 Å². The quantitative estimate of drug-likeness (QED) is 0.855. The molecule has 0 fully saturated rings. The van der Waals surface area contributed by atoms with Crippen LogP contribution in [0.5, 0.6) is 0 Å². The van der Waals surface area contributed by atoms with Crippen molar-refractivity contribution in [2.75, 3.05) is 5.32 Å². The SMILES string of the molecule is CCCC(Nc1nc(C)nc2sc(CC)cc12)C(=O)O. The average Bonchev–Trinajstić information content (AvgIpc) is 2.80. The lowest BCUT2D eigenvalue weighted by molar-refractivity contribution is -0.138. The molecular formula is C14H19N3O2S. The van der Waals surface area contributed by atoms with E-state index < -0.39 is 12.0 Å². The van der Waals surface area contributed by atoms with Crippen molar-refractivity contribution in [2.24, 2.45) is 0 Å². The van der Waals surface area contributed by atoms with Gasteiger partial charge in [0.05, 0.1) is 5.39 Å². The molecule has 5 nitrogen and oxygen atoms in total. The zero-order valence-corrected chi connectivity index (χ0v) is 12.8. The monoisotopic (exact) mass is 293 g/mol. The van der Waals surface area contributed by atoms with Crippen LogP contribution in [0.25, 0.3) is 10.2 Å². The van der Waals surface area contributed by atoms with Crippen LogP contribution >= 0.6 is 11.3 Å². The van der Waals surface area contributed by atoms with Crippen LogP contribution in [0.1, 0.15) is 37.4 Å². The molecule has 0 bridgehead atoms. The predicted octanol–water partition coefficient (Wildman–Crippen LogP) is 3.23. The Labute approximate surface area is 122 Å². The van der Waals surface area contributed by atoms with Gasteiger partial charge in [0, 0.05) is 4.88 Å². The van der Waals surface area contributed by atoms with Crippen molar-refractivity contribution in [3.8, 4) is 0 Å². The zero-order chi connectivity index (χ0) is 14.7. The number of anilines is 1. The Kier molecular flexibility index (Phi) is 4.54. The number of carbonyl (C=O) groups is 1. The van der Waals surface area contributed by atoms with Gasteiger partial charge in [-0.1, -0.05) is 20.3 Å². The first kappa shape index (κ1) is 14.7. The highest BCUT2D eigenvalue weighted by Gasteiger charge is 2.19. The Morgan fingerprint density at radius 1 is 1.45 bits per heavy atom. The highest BCUT2D eigenvalue weighted by molar-refractivity contribution is 7.18. The Balaban J connectivity index is 2.41. The number of nitrogens with one attached hydrogen (secondary N) is 1. The van der Waals surface area contributed by atoms with Gasteiger partial charge < -0.3 is 10.4 Å². The van der Waals surface area contributed by atoms with Gasteiger partial charge in [0.2, 0.25) is 0 Å². The van der Waals surface area contributed by atoms with Crippen LogP contribution in [0.15, 0.2) is 6.07 Å². The number of aliphatic carboxylic acids is 1. The van der Waals surface area contributed by atoms with E-state index in [1.165, 1.54) is 4.88 Å². The summed E-state index contributed by atoms with van der Waals surface area (Å²) in [4.78, 5) is 22.2. The maximum absolute atomic E-state index is 11.3. The second kappa shape index (κ2) is 6.17. The molecule has 6 heteroatoms. The van der Waals surface area contributed by atoms with E-state index in [0.717, 1.165) is 23.1 Å². The van der Waals surface area contributed by atoms with E-state index in [1.807, 2.05) is 19.9 Å². The fourth-order valence-electron chi connectivity index (χ4n) is 2.07. The fraction of sp³-hybridized carbons (Fsp3) is 0.500. The third kappa shape index (κ3) is 3.07. The summed E-state index contributed by atoms with van der Waals surface area (Å²) in [7, 11) is 0. The first-order valence-electron chi connectivity index (χ1n) is 6.81. The maximum Gasteiger partial charge on any atom is 0.326 e. The van der Waals surface area contributed by atoms with Gasteiger partial charge in [-0.2, -0.15) is 0 Å². The van der Waals surface area contributed by atoms with Crippen molar-refractivity contribution in [1.29, 1.82) is 0 Å². The fourth-order valence-corrected chi connectivity index (χ4v) is 3.09. The van der Waals surface area contributed by atoms with Crippen molar-refractivity contribution in [3.05, 3.63) is 16.8 Å². The molecule has 2 heterocycles. The average molecular weight is 293 g/mol. The number of thiophene rings is 1. The van der Waals surface area contributed by atoms with Gasteiger partial charge in [-0.05, 0) is 25.8 Å². The molecule has 2 rings (SSSR count).